The maximum Gasteiger partial charge on any atom is 0.251 e. The number of aldehydes is 1. The molecule has 27 heavy (non-hydrogen) atoms. The number of aliphatic hydroxyl groups is 1. The minimum Gasteiger partial charge on any atom is -0.400 e. The second-order valence-corrected chi connectivity index (χ2v) is 6.58. The molecule has 0 bridgehead atoms. The van der Waals surface area contributed by atoms with Crippen molar-refractivity contribution in [1.82, 2.24) is 4.57 Å². The molecule has 1 aromatic heterocycles. The molecule has 4 rings (SSSR count). The number of fused-ring (bicyclic) bond motifs is 1. The molecule has 0 saturated carbocycles. The van der Waals surface area contributed by atoms with Crippen molar-refractivity contribution in [2.24, 2.45) is 0 Å². The van der Waals surface area contributed by atoms with Crippen molar-refractivity contribution >= 4 is 22.8 Å². The third kappa shape index (κ3) is 3.60. The number of aromatic nitrogens is 1. The first-order chi connectivity index (χ1) is 13.2. The van der Waals surface area contributed by atoms with Gasteiger partial charge in [0.05, 0.1) is 18.7 Å². The highest BCUT2D eigenvalue weighted by Crippen LogP contribution is 2.39. The van der Waals surface area contributed by atoms with Gasteiger partial charge >= 0.3 is 0 Å². The van der Waals surface area contributed by atoms with Gasteiger partial charge in [0.25, 0.3) is 5.56 Å². The number of nitrogens with zero attached hydrogens (tertiary/aromatic N) is 1. The van der Waals surface area contributed by atoms with E-state index in [0.29, 0.717) is 31.7 Å². The molecular formula is C21H25NO5. The van der Waals surface area contributed by atoms with Crippen LogP contribution in [0.15, 0.2) is 35.1 Å². The number of carbonyl (C=O) groups excluding carboxylic acids is 1. The predicted octanol–water partition coefficient (Wildman–Crippen LogP) is 2.75. The number of allylic oxidation sites excluding steroid dienone is 1. The van der Waals surface area contributed by atoms with Crippen LogP contribution < -0.4 is 5.56 Å². The zero-order valence-electron chi connectivity index (χ0n) is 15.7. The van der Waals surface area contributed by atoms with Crippen molar-refractivity contribution in [3.63, 3.8) is 0 Å². The summed E-state index contributed by atoms with van der Waals surface area (Å²) < 4.78 is 13.3. The van der Waals surface area contributed by atoms with Gasteiger partial charge in [0.15, 0.2) is 5.79 Å². The van der Waals surface area contributed by atoms with E-state index in [2.05, 4.69) is 6.08 Å². The van der Waals surface area contributed by atoms with Gasteiger partial charge in [-0.3, -0.25) is 9.59 Å². The molecule has 2 heterocycles. The highest BCUT2D eigenvalue weighted by atomic mass is 16.7. The first-order valence-electron chi connectivity index (χ1n) is 9.20. The van der Waals surface area contributed by atoms with Gasteiger partial charge in [-0.2, -0.15) is 0 Å². The fourth-order valence-electron chi connectivity index (χ4n) is 3.88. The van der Waals surface area contributed by atoms with E-state index in [1.54, 1.807) is 16.7 Å². The lowest BCUT2D eigenvalue weighted by Gasteiger charge is -2.31. The van der Waals surface area contributed by atoms with Crippen LogP contribution in [0.25, 0.3) is 16.5 Å². The van der Waals surface area contributed by atoms with Gasteiger partial charge < -0.3 is 19.1 Å². The molecule has 2 aromatic rings. The summed E-state index contributed by atoms with van der Waals surface area (Å²) in [4.78, 5) is 23.8. The Bertz CT molecular complexity index is 922. The minimum absolute atomic E-state index is 0.0154. The number of hydrogen-bond donors (Lipinski definition) is 1. The Hall–Kier alpha value is -2.28. The average Bonchev–Trinajstić information content (AvgIpc) is 3.17. The largest absolute Gasteiger partial charge is 0.400 e. The zero-order chi connectivity index (χ0) is 19.4. The lowest BCUT2D eigenvalue weighted by molar-refractivity contribution is -0.159. The van der Waals surface area contributed by atoms with Gasteiger partial charge in [0.2, 0.25) is 0 Å². The van der Waals surface area contributed by atoms with Crippen LogP contribution in [0.1, 0.15) is 42.1 Å². The molecule has 6 heteroatoms. The lowest BCUT2D eigenvalue weighted by Crippen LogP contribution is -2.31. The summed E-state index contributed by atoms with van der Waals surface area (Å²) in [5.74, 6) is -0.480. The molecule has 6 nitrogen and oxygen atoms in total. The summed E-state index contributed by atoms with van der Waals surface area (Å²) in [5, 5.41) is 7.95. The van der Waals surface area contributed by atoms with E-state index in [0.717, 1.165) is 48.3 Å². The molecule has 144 valence electrons. The fraction of sp³-hybridized carbons (Fsp3) is 0.429. The molecule has 1 saturated heterocycles. The Labute approximate surface area is 158 Å². The quantitative estimate of drug-likeness (QED) is 0.840. The molecule has 1 aliphatic carbocycles. The monoisotopic (exact) mass is 371 g/mol. The predicted molar refractivity (Wildman–Crippen MR) is 104 cm³/mol. The fourth-order valence-corrected chi connectivity index (χ4v) is 3.88. The van der Waals surface area contributed by atoms with Crippen LogP contribution in [0, 0.1) is 0 Å². The Morgan fingerprint density at radius 1 is 1.22 bits per heavy atom. The van der Waals surface area contributed by atoms with Crippen molar-refractivity contribution < 1.29 is 19.4 Å². The van der Waals surface area contributed by atoms with E-state index >= 15 is 0 Å². The third-order valence-corrected chi connectivity index (χ3v) is 5.18. The summed E-state index contributed by atoms with van der Waals surface area (Å²) in [5.41, 5.74) is 3.51. The summed E-state index contributed by atoms with van der Waals surface area (Å²) in [7, 11) is 1.00. The second-order valence-electron chi connectivity index (χ2n) is 6.58. The molecule has 0 unspecified atom stereocenters. The maximum absolute atomic E-state index is 12.5. The van der Waals surface area contributed by atoms with Crippen LogP contribution in [0.2, 0.25) is 0 Å². The van der Waals surface area contributed by atoms with Crippen LogP contribution in [-0.2, 0) is 16.0 Å². The third-order valence-electron chi connectivity index (χ3n) is 5.18. The van der Waals surface area contributed by atoms with E-state index < -0.39 is 5.79 Å². The number of carbonyl (C=O) groups is 1. The van der Waals surface area contributed by atoms with E-state index in [9.17, 15) is 9.59 Å². The Kier molecular flexibility index (Phi) is 5.89. The number of pyridine rings is 1. The smallest absolute Gasteiger partial charge is 0.251 e. The SMILES string of the molecule is CCn1c(=O)cc(C2=CCC3(CC2)OCCO3)c2cc(C=O)ccc21.CO. The highest BCUT2D eigenvalue weighted by Gasteiger charge is 2.37. The van der Waals surface area contributed by atoms with Gasteiger partial charge in [-0.05, 0) is 42.7 Å². The zero-order valence-corrected chi connectivity index (χ0v) is 15.7. The summed E-state index contributed by atoms with van der Waals surface area (Å²) >= 11 is 0. The van der Waals surface area contributed by atoms with E-state index in [4.69, 9.17) is 14.6 Å². The Balaban J connectivity index is 0.00000102. The number of aliphatic hydroxyl groups excluding tert-OH is 1. The first kappa shape index (κ1) is 19.5. The topological polar surface area (TPSA) is 77.8 Å². The van der Waals surface area contributed by atoms with Gasteiger partial charge in [-0.15, -0.1) is 0 Å². The summed E-state index contributed by atoms with van der Waals surface area (Å²) in [6, 6.07) is 7.19. The Morgan fingerprint density at radius 2 is 1.96 bits per heavy atom. The van der Waals surface area contributed by atoms with Crippen molar-refractivity contribution in [2.75, 3.05) is 20.3 Å². The molecule has 1 spiro atoms. The van der Waals surface area contributed by atoms with E-state index in [1.807, 2.05) is 19.1 Å². The van der Waals surface area contributed by atoms with Crippen molar-refractivity contribution in [3.05, 3.63) is 51.8 Å². The number of hydrogen-bond acceptors (Lipinski definition) is 5. The minimum atomic E-state index is -0.480. The van der Waals surface area contributed by atoms with Crippen LogP contribution in [-0.4, -0.2) is 42.1 Å². The van der Waals surface area contributed by atoms with Crippen LogP contribution >= 0.6 is 0 Å². The molecule has 0 amide bonds. The number of rotatable bonds is 3. The molecule has 2 aliphatic rings. The summed E-state index contributed by atoms with van der Waals surface area (Å²) in [6.45, 7) is 3.83. The van der Waals surface area contributed by atoms with E-state index in [-0.39, 0.29) is 5.56 Å². The number of benzene rings is 1. The number of aryl methyl sites for hydroxylation is 1. The lowest BCUT2D eigenvalue weighted by atomic mass is 9.88. The van der Waals surface area contributed by atoms with Crippen LogP contribution in [0.5, 0.6) is 0 Å². The normalized spacial score (nSPS) is 18.1. The molecule has 1 fully saturated rings. The van der Waals surface area contributed by atoms with Crippen LogP contribution in [0.3, 0.4) is 0 Å². The first-order valence-corrected chi connectivity index (χ1v) is 9.20. The van der Waals surface area contributed by atoms with Crippen LogP contribution in [0.4, 0.5) is 0 Å². The van der Waals surface area contributed by atoms with Gasteiger partial charge in [0.1, 0.15) is 6.29 Å². The van der Waals surface area contributed by atoms with Crippen molar-refractivity contribution in [2.45, 2.75) is 38.5 Å². The molecule has 0 atom stereocenters. The Morgan fingerprint density at radius 3 is 2.56 bits per heavy atom. The molecular weight excluding hydrogens is 346 g/mol. The standard InChI is InChI=1S/C20H21NO4.CH4O/c1-2-21-18-4-3-14(13-22)11-17(18)16(12-19(21)23)15-5-7-20(8-6-15)24-9-10-25-20;1-2/h3-5,11-13H,2,6-10H2,1H3;2H,1H3. The maximum atomic E-state index is 12.5. The molecule has 1 aromatic carbocycles. The van der Waals surface area contributed by atoms with Crippen molar-refractivity contribution in [3.8, 4) is 0 Å². The highest BCUT2D eigenvalue weighted by molar-refractivity contribution is 5.95. The van der Waals surface area contributed by atoms with Gasteiger partial charge in [-0.1, -0.05) is 6.08 Å². The summed E-state index contributed by atoms with van der Waals surface area (Å²) in [6.07, 6.45) is 5.22. The van der Waals surface area contributed by atoms with Crippen molar-refractivity contribution in [1.29, 1.82) is 0 Å². The molecule has 1 N–H and O–H groups in total. The van der Waals surface area contributed by atoms with Gasteiger partial charge in [0, 0.05) is 43.5 Å². The average molecular weight is 371 g/mol. The molecule has 1 aliphatic heterocycles. The molecule has 0 radical (unpaired) electrons. The van der Waals surface area contributed by atoms with E-state index in [1.165, 1.54) is 0 Å². The second kappa shape index (κ2) is 8.17. The number of ether oxygens (including phenoxy) is 2. The van der Waals surface area contributed by atoms with Gasteiger partial charge in [-0.25, -0.2) is 0 Å².